The second kappa shape index (κ2) is 6.36. The minimum atomic E-state index is -1.04. The molecule has 0 N–H and O–H groups in total. The van der Waals surface area contributed by atoms with Gasteiger partial charge in [-0.2, -0.15) is 0 Å². The average molecular weight is 313 g/mol. The molecule has 1 aromatic rings. The highest BCUT2D eigenvalue weighted by molar-refractivity contribution is 8.82. The molecule has 0 aliphatic carbocycles. The molecule has 16 heavy (non-hydrogen) atoms. The Morgan fingerprint density at radius 1 is 1.50 bits per heavy atom. The summed E-state index contributed by atoms with van der Waals surface area (Å²) in [5, 5.41) is -0.540. The van der Waals surface area contributed by atoms with Gasteiger partial charge in [0, 0.05) is 10.6 Å². The number of halogens is 2. The van der Waals surface area contributed by atoms with E-state index in [1.807, 2.05) is 30.3 Å². The van der Waals surface area contributed by atoms with Gasteiger partial charge in [0.05, 0.1) is 0 Å². The van der Waals surface area contributed by atoms with Gasteiger partial charge in [0.1, 0.15) is 4.87 Å². The van der Waals surface area contributed by atoms with Crippen LogP contribution in [0.2, 0.25) is 0 Å². The van der Waals surface area contributed by atoms with Gasteiger partial charge in [-0.1, -0.05) is 29.0 Å². The fourth-order valence-corrected chi connectivity index (χ4v) is 4.84. The summed E-state index contributed by atoms with van der Waals surface area (Å²) in [5.74, 6) is 0.415. The van der Waals surface area contributed by atoms with Crippen molar-refractivity contribution >= 4 is 58.9 Å². The van der Waals surface area contributed by atoms with E-state index >= 15 is 0 Å². The van der Waals surface area contributed by atoms with Crippen LogP contribution in [0, 0.1) is 0 Å². The van der Waals surface area contributed by atoms with Crippen molar-refractivity contribution in [1.29, 1.82) is 0 Å². The maximum absolute atomic E-state index is 11.0. The van der Waals surface area contributed by atoms with Crippen LogP contribution < -0.4 is 0 Å². The molecule has 0 aliphatic heterocycles. The van der Waals surface area contributed by atoms with Crippen LogP contribution in [-0.4, -0.2) is 15.9 Å². The van der Waals surface area contributed by atoms with Gasteiger partial charge in [-0.15, -0.1) is 11.6 Å². The van der Waals surface area contributed by atoms with E-state index < -0.39 is 18.6 Å². The summed E-state index contributed by atoms with van der Waals surface area (Å²) in [6.45, 7) is 1.61. The molecule has 0 heterocycles. The highest BCUT2D eigenvalue weighted by atomic mass is 35.5. The predicted octanol–water partition coefficient (Wildman–Crippen LogP) is 3.54. The minimum Gasteiger partial charge on any atom is -0.279 e. The van der Waals surface area contributed by atoms with Gasteiger partial charge in [0.15, 0.2) is 0 Å². The molecule has 0 fully saturated rings. The lowest BCUT2D eigenvalue weighted by Gasteiger charge is -2.16. The molecule has 6 heteroatoms. The first-order chi connectivity index (χ1) is 7.43. The molecule has 0 aliphatic rings. The monoisotopic (exact) mass is 312 g/mol. The van der Waals surface area contributed by atoms with Crippen LogP contribution in [0.1, 0.15) is 6.92 Å². The molecular formula is C10H10Cl2OS3. The van der Waals surface area contributed by atoms with E-state index in [2.05, 4.69) is 0 Å². The molecule has 0 spiro atoms. The van der Waals surface area contributed by atoms with E-state index in [4.69, 9.17) is 34.4 Å². The van der Waals surface area contributed by atoms with Crippen molar-refractivity contribution in [2.75, 3.05) is 5.75 Å². The van der Waals surface area contributed by atoms with Gasteiger partial charge in [-0.25, -0.2) is 0 Å². The van der Waals surface area contributed by atoms with Gasteiger partial charge in [-0.05, 0) is 50.3 Å². The fraction of sp³-hybridized carbons (Fsp3) is 0.300. The first-order valence-electron chi connectivity index (χ1n) is 4.42. The Kier molecular flexibility index (Phi) is 5.74. The van der Waals surface area contributed by atoms with Gasteiger partial charge in [0.2, 0.25) is 5.24 Å². The molecule has 1 nitrogen and oxygen atoms in total. The smallest absolute Gasteiger partial charge is 0.243 e. The third-order valence-corrected chi connectivity index (χ3v) is 7.34. The van der Waals surface area contributed by atoms with Gasteiger partial charge < -0.3 is 0 Å². The molecule has 1 aromatic carbocycles. The molecule has 0 bridgehead atoms. The van der Waals surface area contributed by atoms with Crippen molar-refractivity contribution in [1.82, 2.24) is 0 Å². The van der Waals surface area contributed by atoms with E-state index in [1.54, 1.807) is 6.92 Å². The highest BCUT2D eigenvalue weighted by Crippen LogP contribution is 2.28. The second-order valence-corrected chi connectivity index (χ2v) is 9.26. The lowest BCUT2D eigenvalue weighted by molar-refractivity contribution is -0.113. The van der Waals surface area contributed by atoms with E-state index in [0.29, 0.717) is 5.75 Å². The van der Waals surface area contributed by atoms with Crippen molar-refractivity contribution in [2.24, 2.45) is 0 Å². The zero-order chi connectivity index (χ0) is 12.2. The third kappa shape index (κ3) is 4.34. The molecule has 88 valence electrons. The molecule has 1 rings (SSSR count). The zero-order valence-corrected chi connectivity index (χ0v) is 12.4. The fourth-order valence-electron chi connectivity index (χ4n) is 0.821. The summed E-state index contributed by atoms with van der Waals surface area (Å²) < 4.78 is 0. The lowest BCUT2D eigenvalue weighted by Crippen LogP contribution is -2.27. The van der Waals surface area contributed by atoms with Crippen molar-refractivity contribution in [3.05, 3.63) is 30.3 Å². The Morgan fingerprint density at radius 2 is 2.06 bits per heavy atom. The molecular weight excluding hydrogens is 303 g/mol. The quantitative estimate of drug-likeness (QED) is 0.470. The number of carbonyl (C=O) groups is 1. The molecule has 2 atom stereocenters. The van der Waals surface area contributed by atoms with Crippen LogP contribution in [0.4, 0.5) is 0 Å². The minimum absolute atomic E-state index is 0.392. The van der Waals surface area contributed by atoms with Crippen LogP contribution in [0.15, 0.2) is 35.2 Å². The van der Waals surface area contributed by atoms with Crippen molar-refractivity contribution in [3.63, 3.8) is 0 Å². The van der Waals surface area contributed by atoms with Crippen molar-refractivity contribution in [3.8, 4) is 0 Å². The third-order valence-electron chi connectivity index (χ3n) is 1.78. The van der Waals surface area contributed by atoms with E-state index in [-0.39, 0.29) is 0 Å². The standard InChI is InChI=1S/C10H10Cl2OS3/c1-10(12,9(11)13)7-15-16(14)8-5-3-2-4-6-8/h2-6H,7H2,1H3. The SMILES string of the molecule is CC(Cl)(CSS(=S)c1ccccc1)C(=O)Cl. The van der Waals surface area contributed by atoms with Crippen molar-refractivity contribution < 1.29 is 4.79 Å². The first kappa shape index (κ1) is 14.5. The maximum atomic E-state index is 11.0. The molecule has 0 radical (unpaired) electrons. The van der Waals surface area contributed by atoms with E-state index in [9.17, 15) is 4.79 Å². The summed E-state index contributed by atoms with van der Waals surface area (Å²) in [6, 6.07) is 9.76. The van der Waals surface area contributed by atoms with Gasteiger partial charge >= 0.3 is 0 Å². The molecule has 0 saturated carbocycles. The Balaban J connectivity index is 2.58. The van der Waals surface area contributed by atoms with Crippen LogP contribution in [0.5, 0.6) is 0 Å². The van der Waals surface area contributed by atoms with Gasteiger partial charge in [0.25, 0.3) is 0 Å². The molecule has 0 saturated heterocycles. The molecule has 0 aromatic heterocycles. The summed E-state index contributed by atoms with van der Waals surface area (Å²) in [4.78, 5) is 11.0. The Labute approximate surface area is 116 Å². The average Bonchev–Trinajstić information content (AvgIpc) is 2.27. The van der Waals surface area contributed by atoms with Crippen LogP contribution in [0.3, 0.4) is 0 Å². The largest absolute Gasteiger partial charge is 0.279 e. The number of benzene rings is 1. The summed E-state index contributed by atoms with van der Waals surface area (Å²) in [5.41, 5.74) is 0. The number of hydrogen-bond acceptors (Lipinski definition) is 3. The first-order valence-corrected chi connectivity index (χ1v) is 8.83. The van der Waals surface area contributed by atoms with E-state index in [1.165, 1.54) is 10.8 Å². The van der Waals surface area contributed by atoms with Crippen molar-refractivity contribution in [2.45, 2.75) is 16.7 Å². The normalized spacial score (nSPS) is 16.4. The summed E-state index contributed by atoms with van der Waals surface area (Å²) in [7, 11) is 1.08. The Morgan fingerprint density at radius 3 is 2.56 bits per heavy atom. The molecule has 0 amide bonds. The predicted molar refractivity (Wildman–Crippen MR) is 77.0 cm³/mol. The number of hydrogen-bond donors (Lipinski definition) is 0. The van der Waals surface area contributed by atoms with Crippen LogP contribution in [-0.2, 0) is 24.5 Å². The number of carbonyl (C=O) groups excluding carboxylic acids is 1. The lowest BCUT2D eigenvalue weighted by atomic mass is 10.2. The topological polar surface area (TPSA) is 17.1 Å². The summed E-state index contributed by atoms with van der Waals surface area (Å²) >= 11 is 16.7. The maximum Gasteiger partial charge on any atom is 0.243 e. The van der Waals surface area contributed by atoms with Crippen LogP contribution in [0.25, 0.3) is 0 Å². The summed E-state index contributed by atoms with van der Waals surface area (Å²) in [6.07, 6.45) is 0. The second-order valence-electron chi connectivity index (χ2n) is 3.28. The number of rotatable bonds is 5. The Hall–Kier alpha value is 0.390. The molecule has 2 unspecified atom stereocenters. The van der Waals surface area contributed by atoms with Gasteiger partial charge in [-0.3, -0.25) is 4.79 Å². The zero-order valence-electron chi connectivity index (χ0n) is 8.48. The highest BCUT2D eigenvalue weighted by Gasteiger charge is 2.29. The Bertz CT molecular complexity index is 392. The van der Waals surface area contributed by atoms with E-state index in [0.717, 1.165) is 4.90 Å². The van der Waals surface area contributed by atoms with Crippen LogP contribution >= 0.6 is 34.0 Å². The number of alkyl halides is 1.